The van der Waals surface area contributed by atoms with Gasteiger partial charge in [0, 0.05) is 23.4 Å². The monoisotopic (exact) mass is 492 g/mol. The average Bonchev–Trinajstić information content (AvgIpc) is 3.59. The zero-order valence-electron chi connectivity index (χ0n) is 20.7. The Morgan fingerprint density at radius 1 is 1.06 bits per heavy atom. The molecular formula is C27H32N4O3S. The van der Waals surface area contributed by atoms with Crippen LogP contribution in [0, 0.1) is 0 Å². The van der Waals surface area contributed by atoms with Gasteiger partial charge in [-0.3, -0.25) is 9.36 Å². The highest BCUT2D eigenvalue weighted by Gasteiger charge is 2.28. The lowest BCUT2D eigenvalue weighted by Gasteiger charge is -2.20. The number of amides is 1. The van der Waals surface area contributed by atoms with Crippen molar-refractivity contribution in [3.05, 3.63) is 48.0 Å². The molecule has 1 aliphatic heterocycles. The number of nitrogens with zero attached hydrogens (tertiary/aromatic N) is 3. The summed E-state index contributed by atoms with van der Waals surface area (Å²) in [6, 6.07) is 14.4. The van der Waals surface area contributed by atoms with E-state index in [-0.39, 0.29) is 23.4 Å². The van der Waals surface area contributed by atoms with Crippen molar-refractivity contribution in [2.24, 2.45) is 0 Å². The van der Waals surface area contributed by atoms with E-state index >= 15 is 0 Å². The van der Waals surface area contributed by atoms with E-state index in [9.17, 15) is 4.79 Å². The third-order valence-electron chi connectivity index (χ3n) is 6.66. The van der Waals surface area contributed by atoms with Crippen LogP contribution in [0.4, 0.5) is 5.69 Å². The van der Waals surface area contributed by atoms with E-state index < -0.39 is 0 Å². The number of benzene rings is 2. The molecule has 0 saturated heterocycles. The van der Waals surface area contributed by atoms with Crippen LogP contribution in [0.2, 0.25) is 0 Å². The SMILES string of the molecule is CC(Sc1nnc(-c2ccc(C(C)(C)C)cc2)n1C1CCCC1)C(=O)Nc1ccc2c(c1)OCO2. The molecule has 7 nitrogen and oxygen atoms in total. The Morgan fingerprint density at radius 2 is 1.77 bits per heavy atom. The first-order valence-electron chi connectivity index (χ1n) is 12.2. The number of anilines is 1. The summed E-state index contributed by atoms with van der Waals surface area (Å²) in [6.07, 6.45) is 4.62. The topological polar surface area (TPSA) is 78.3 Å². The van der Waals surface area contributed by atoms with Crippen molar-refractivity contribution in [1.29, 1.82) is 0 Å². The molecule has 3 aromatic rings. The molecule has 8 heteroatoms. The average molecular weight is 493 g/mol. The van der Waals surface area contributed by atoms with Crippen molar-refractivity contribution in [3.63, 3.8) is 0 Å². The van der Waals surface area contributed by atoms with Crippen molar-refractivity contribution in [3.8, 4) is 22.9 Å². The van der Waals surface area contributed by atoms with Crippen molar-refractivity contribution in [2.45, 2.75) is 75.2 Å². The van der Waals surface area contributed by atoms with E-state index in [2.05, 4.69) is 65.1 Å². The molecule has 35 heavy (non-hydrogen) atoms. The summed E-state index contributed by atoms with van der Waals surface area (Å²) in [5.74, 6) is 2.12. The van der Waals surface area contributed by atoms with Crippen LogP contribution in [0.3, 0.4) is 0 Å². The summed E-state index contributed by atoms with van der Waals surface area (Å²) in [6.45, 7) is 8.75. The zero-order chi connectivity index (χ0) is 24.6. The molecule has 1 aromatic heterocycles. The fourth-order valence-corrected chi connectivity index (χ4v) is 5.51. The molecule has 1 atom stereocenters. The van der Waals surface area contributed by atoms with E-state index in [1.54, 1.807) is 6.07 Å². The number of fused-ring (bicyclic) bond motifs is 1. The molecule has 5 rings (SSSR count). The van der Waals surface area contributed by atoms with E-state index in [4.69, 9.17) is 9.47 Å². The highest BCUT2D eigenvalue weighted by atomic mass is 32.2. The van der Waals surface area contributed by atoms with Gasteiger partial charge in [-0.2, -0.15) is 0 Å². The lowest BCUT2D eigenvalue weighted by Crippen LogP contribution is -2.23. The Kier molecular flexibility index (Phi) is 6.49. The third-order valence-corrected chi connectivity index (χ3v) is 7.71. The molecule has 1 saturated carbocycles. The molecule has 1 aliphatic carbocycles. The molecule has 0 bridgehead atoms. The van der Waals surface area contributed by atoms with Crippen LogP contribution in [0.5, 0.6) is 11.5 Å². The first-order chi connectivity index (χ1) is 16.8. The number of rotatable bonds is 6. The fourth-order valence-electron chi connectivity index (χ4n) is 4.59. The molecule has 0 radical (unpaired) electrons. The largest absolute Gasteiger partial charge is 0.454 e. The van der Waals surface area contributed by atoms with Crippen molar-refractivity contribution in [1.82, 2.24) is 14.8 Å². The van der Waals surface area contributed by atoms with Gasteiger partial charge < -0.3 is 14.8 Å². The second-order valence-electron chi connectivity index (χ2n) is 10.3. The zero-order valence-corrected chi connectivity index (χ0v) is 21.5. The fraction of sp³-hybridized carbons (Fsp3) is 0.444. The third kappa shape index (κ3) is 5.03. The van der Waals surface area contributed by atoms with Gasteiger partial charge in [0.15, 0.2) is 22.5 Å². The molecule has 1 N–H and O–H groups in total. The Bertz CT molecular complexity index is 1210. The van der Waals surface area contributed by atoms with Crippen molar-refractivity contribution >= 4 is 23.4 Å². The van der Waals surface area contributed by atoms with Crippen LogP contribution in [0.15, 0.2) is 47.6 Å². The van der Waals surface area contributed by atoms with Gasteiger partial charge in [0.2, 0.25) is 12.7 Å². The second-order valence-corrected chi connectivity index (χ2v) is 11.6. The molecule has 0 spiro atoms. The predicted octanol–water partition coefficient (Wildman–Crippen LogP) is 6.21. The number of nitrogens with one attached hydrogen (secondary N) is 1. The van der Waals surface area contributed by atoms with E-state index in [0.717, 1.165) is 29.4 Å². The van der Waals surface area contributed by atoms with Crippen molar-refractivity contribution < 1.29 is 14.3 Å². The molecule has 1 fully saturated rings. The lowest BCUT2D eigenvalue weighted by molar-refractivity contribution is -0.115. The Labute approximate surface area is 210 Å². The van der Waals surface area contributed by atoms with Crippen molar-refractivity contribution in [2.75, 3.05) is 12.1 Å². The molecule has 2 aliphatic rings. The number of carbonyl (C=O) groups excluding carboxylic acids is 1. The predicted molar refractivity (Wildman–Crippen MR) is 138 cm³/mol. The summed E-state index contributed by atoms with van der Waals surface area (Å²) in [5.41, 5.74) is 3.13. The van der Waals surface area contributed by atoms with Gasteiger partial charge in [0.05, 0.1) is 5.25 Å². The van der Waals surface area contributed by atoms with E-state index in [0.29, 0.717) is 23.2 Å². The maximum atomic E-state index is 13.0. The van der Waals surface area contributed by atoms with Gasteiger partial charge in [0.1, 0.15) is 0 Å². The Morgan fingerprint density at radius 3 is 2.49 bits per heavy atom. The van der Waals surface area contributed by atoms with Crippen LogP contribution in [-0.2, 0) is 10.2 Å². The van der Waals surface area contributed by atoms with Gasteiger partial charge >= 0.3 is 0 Å². The molecular weight excluding hydrogens is 460 g/mol. The first kappa shape index (κ1) is 23.7. The molecule has 184 valence electrons. The summed E-state index contributed by atoms with van der Waals surface area (Å²) < 4.78 is 13.0. The minimum absolute atomic E-state index is 0.0917. The number of thioether (sulfide) groups is 1. The minimum Gasteiger partial charge on any atom is -0.454 e. The summed E-state index contributed by atoms with van der Waals surface area (Å²) >= 11 is 1.45. The normalized spacial score (nSPS) is 16.5. The quantitative estimate of drug-likeness (QED) is 0.413. The van der Waals surface area contributed by atoms with Gasteiger partial charge in [-0.05, 0) is 42.9 Å². The van der Waals surface area contributed by atoms with Gasteiger partial charge in [-0.15, -0.1) is 10.2 Å². The van der Waals surface area contributed by atoms with Crippen LogP contribution in [0.25, 0.3) is 11.4 Å². The molecule has 2 heterocycles. The molecule has 1 unspecified atom stereocenters. The smallest absolute Gasteiger partial charge is 0.237 e. The Balaban J connectivity index is 1.36. The number of carbonyl (C=O) groups is 1. The first-order valence-corrected chi connectivity index (χ1v) is 13.1. The van der Waals surface area contributed by atoms with Gasteiger partial charge in [-0.1, -0.05) is 69.6 Å². The molecule has 1 amide bonds. The summed E-state index contributed by atoms with van der Waals surface area (Å²) in [5, 5.41) is 12.6. The van der Waals surface area contributed by atoms with Gasteiger partial charge in [-0.25, -0.2) is 0 Å². The highest BCUT2D eigenvalue weighted by molar-refractivity contribution is 8.00. The van der Waals surface area contributed by atoms with Crippen LogP contribution in [0.1, 0.15) is 65.0 Å². The maximum absolute atomic E-state index is 13.0. The van der Waals surface area contributed by atoms with E-state index in [1.807, 2.05) is 19.1 Å². The van der Waals surface area contributed by atoms with Gasteiger partial charge in [0.25, 0.3) is 0 Å². The van der Waals surface area contributed by atoms with Crippen LogP contribution in [-0.4, -0.2) is 32.7 Å². The number of hydrogen-bond acceptors (Lipinski definition) is 6. The second kappa shape index (κ2) is 9.57. The number of aromatic nitrogens is 3. The highest BCUT2D eigenvalue weighted by Crippen LogP contribution is 2.38. The number of ether oxygens (including phenoxy) is 2. The minimum atomic E-state index is -0.346. The maximum Gasteiger partial charge on any atom is 0.237 e. The lowest BCUT2D eigenvalue weighted by atomic mass is 9.86. The Hall–Kier alpha value is -3.00. The van der Waals surface area contributed by atoms with E-state index in [1.165, 1.54) is 30.2 Å². The summed E-state index contributed by atoms with van der Waals surface area (Å²) in [7, 11) is 0. The van der Waals surface area contributed by atoms with Crippen LogP contribution >= 0.6 is 11.8 Å². The standard InChI is InChI=1S/C27H32N4O3S/c1-17(25(32)28-20-13-14-22-23(15-20)34-16-33-22)35-26-30-29-24(31(26)21-7-5-6-8-21)18-9-11-19(12-10-18)27(2,3)4/h9-15,17,21H,5-8,16H2,1-4H3,(H,28,32). The molecule has 2 aromatic carbocycles. The summed E-state index contributed by atoms with van der Waals surface area (Å²) in [4.78, 5) is 13.0. The van der Waals surface area contributed by atoms with Crippen LogP contribution < -0.4 is 14.8 Å². The number of hydrogen-bond donors (Lipinski definition) is 1.